The van der Waals surface area contributed by atoms with Crippen LogP contribution in [0.1, 0.15) is 5.56 Å². The predicted octanol–water partition coefficient (Wildman–Crippen LogP) is 3.48. The molecule has 5 heteroatoms. The number of rotatable bonds is 0. The predicted molar refractivity (Wildman–Crippen MR) is 77.1 cm³/mol. The summed E-state index contributed by atoms with van der Waals surface area (Å²) >= 11 is 1.78. The van der Waals surface area contributed by atoms with Crippen LogP contribution in [0.2, 0.25) is 0 Å². The quantitative estimate of drug-likeness (QED) is 0.530. The molecule has 0 atom stereocenters. The molecule has 0 fully saturated rings. The maximum absolute atomic E-state index is 4.17. The third-order valence-corrected chi connectivity index (χ3v) is 4.51. The maximum atomic E-state index is 4.17. The van der Waals surface area contributed by atoms with Crippen molar-refractivity contribution in [1.82, 2.24) is 15.0 Å². The van der Waals surface area contributed by atoms with Gasteiger partial charge >= 0.3 is 0 Å². The molecule has 1 N–H and O–H groups in total. The lowest BCUT2D eigenvalue weighted by Crippen LogP contribution is -2.02. The number of benzene rings is 2. The van der Waals surface area contributed by atoms with Crippen molar-refractivity contribution in [3.05, 3.63) is 35.9 Å². The van der Waals surface area contributed by atoms with Crippen LogP contribution in [-0.2, 0) is 7.05 Å². The van der Waals surface area contributed by atoms with Crippen molar-refractivity contribution >= 4 is 34.2 Å². The topological polar surface area (TPSA) is 42.7 Å². The molecule has 0 unspecified atom stereocenters. The highest BCUT2D eigenvalue weighted by molar-refractivity contribution is 8.00. The molecule has 0 spiro atoms. The standard InChI is InChI=1S/C14H12N4S/c1-8-3-4-9-12(7-8)19-14-11(15-9)6-5-10-13(14)18(2)17-16-10/h3-7,15H,1-2H3. The molecule has 94 valence electrons. The second-order valence-electron chi connectivity index (χ2n) is 4.75. The fraction of sp³-hybridized carbons (Fsp3) is 0.143. The van der Waals surface area contributed by atoms with Crippen molar-refractivity contribution in [2.75, 3.05) is 5.32 Å². The summed E-state index contributed by atoms with van der Waals surface area (Å²) < 4.78 is 1.84. The Kier molecular flexibility index (Phi) is 2.14. The Labute approximate surface area is 114 Å². The zero-order valence-corrected chi connectivity index (χ0v) is 11.5. The van der Waals surface area contributed by atoms with E-state index in [0.717, 1.165) is 22.4 Å². The summed E-state index contributed by atoms with van der Waals surface area (Å²) in [6, 6.07) is 10.5. The Morgan fingerprint density at radius 1 is 1.16 bits per heavy atom. The first-order chi connectivity index (χ1) is 9.22. The lowest BCUT2D eigenvalue weighted by Gasteiger charge is -2.21. The molecule has 0 amide bonds. The van der Waals surface area contributed by atoms with Gasteiger partial charge in [-0.2, -0.15) is 0 Å². The van der Waals surface area contributed by atoms with Gasteiger partial charge in [-0.3, -0.25) is 0 Å². The lowest BCUT2D eigenvalue weighted by atomic mass is 10.2. The molecule has 0 saturated heterocycles. The molecule has 0 saturated carbocycles. The molecule has 4 rings (SSSR count). The smallest absolute Gasteiger partial charge is 0.114 e. The fourth-order valence-electron chi connectivity index (χ4n) is 2.39. The summed E-state index contributed by atoms with van der Waals surface area (Å²) in [5.74, 6) is 0. The third kappa shape index (κ3) is 1.55. The third-order valence-electron chi connectivity index (χ3n) is 3.34. The summed E-state index contributed by atoms with van der Waals surface area (Å²) in [5.41, 5.74) is 5.58. The van der Waals surface area contributed by atoms with Gasteiger partial charge in [0.2, 0.25) is 0 Å². The number of fused-ring (bicyclic) bond motifs is 4. The normalized spacial score (nSPS) is 12.9. The molecular weight excluding hydrogens is 256 g/mol. The van der Waals surface area contributed by atoms with Crippen LogP contribution in [0.4, 0.5) is 11.4 Å². The Morgan fingerprint density at radius 3 is 2.89 bits per heavy atom. The first-order valence-corrected chi connectivity index (χ1v) is 6.92. The van der Waals surface area contributed by atoms with E-state index < -0.39 is 0 Å². The summed E-state index contributed by atoms with van der Waals surface area (Å²) in [4.78, 5) is 2.45. The van der Waals surface area contributed by atoms with E-state index >= 15 is 0 Å². The first-order valence-electron chi connectivity index (χ1n) is 6.10. The van der Waals surface area contributed by atoms with E-state index in [4.69, 9.17) is 0 Å². The van der Waals surface area contributed by atoms with Crippen LogP contribution in [0, 0.1) is 6.92 Å². The average molecular weight is 268 g/mol. The Morgan fingerprint density at radius 2 is 2.00 bits per heavy atom. The van der Waals surface area contributed by atoms with Gasteiger partial charge in [0.15, 0.2) is 0 Å². The highest BCUT2D eigenvalue weighted by Crippen LogP contribution is 2.47. The van der Waals surface area contributed by atoms with E-state index in [9.17, 15) is 0 Å². The number of nitrogens with one attached hydrogen (secondary N) is 1. The van der Waals surface area contributed by atoms with E-state index in [1.54, 1.807) is 11.8 Å². The molecule has 0 bridgehead atoms. The van der Waals surface area contributed by atoms with Gasteiger partial charge < -0.3 is 5.32 Å². The van der Waals surface area contributed by atoms with Gasteiger partial charge in [-0.05, 0) is 36.8 Å². The number of hydrogen-bond acceptors (Lipinski definition) is 4. The number of nitrogens with zero attached hydrogens (tertiary/aromatic N) is 3. The maximum Gasteiger partial charge on any atom is 0.114 e. The van der Waals surface area contributed by atoms with Crippen molar-refractivity contribution < 1.29 is 0 Å². The van der Waals surface area contributed by atoms with E-state index in [1.165, 1.54) is 15.4 Å². The summed E-state index contributed by atoms with van der Waals surface area (Å²) in [6.45, 7) is 2.11. The summed E-state index contributed by atoms with van der Waals surface area (Å²) in [7, 11) is 1.93. The van der Waals surface area contributed by atoms with Crippen LogP contribution in [0.3, 0.4) is 0 Å². The minimum Gasteiger partial charge on any atom is -0.354 e. The summed E-state index contributed by atoms with van der Waals surface area (Å²) in [5, 5.41) is 11.8. The van der Waals surface area contributed by atoms with Crippen LogP contribution in [0.15, 0.2) is 40.1 Å². The Hall–Kier alpha value is -2.01. The van der Waals surface area contributed by atoms with Crippen LogP contribution in [0.5, 0.6) is 0 Å². The van der Waals surface area contributed by atoms with Gasteiger partial charge in [0.25, 0.3) is 0 Å². The second kappa shape index (κ2) is 3.74. The average Bonchev–Trinajstić information content (AvgIpc) is 2.78. The van der Waals surface area contributed by atoms with Gasteiger partial charge in [-0.15, -0.1) is 5.10 Å². The largest absolute Gasteiger partial charge is 0.354 e. The van der Waals surface area contributed by atoms with Gasteiger partial charge in [0.1, 0.15) is 11.0 Å². The summed E-state index contributed by atoms with van der Waals surface area (Å²) in [6.07, 6.45) is 0. The Balaban J connectivity index is 1.97. The van der Waals surface area contributed by atoms with Crippen molar-refractivity contribution in [2.24, 2.45) is 7.05 Å². The van der Waals surface area contributed by atoms with E-state index in [-0.39, 0.29) is 0 Å². The van der Waals surface area contributed by atoms with Gasteiger partial charge in [0, 0.05) is 11.9 Å². The van der Waals surface area contributed by atoms with E-state index in [1.807, 2.05) is 17.8 Å². The van der Waals surface area contributed by atoms with Crippen LogP contribution < -0.4 is 5.32 Å². The van der Waals surface area contributed by atoms with Crippen LogP contribution in [-0.4, -0.2) is 15.0 Å². The molecule has 2 heterocycles. The number of aryl methyl sites for hydroxylation is 2. The molecule has 0 radical (unpaired) electrons. The Bertz CT molecular complexity index is 807. The monoisotopic (exact) mass is 268 g/mol. The number of aromatic nitrogens is 3. The van der Waals surface area contributed by atoms with Gasteiger partial charge in [-0.25, -0.2) is 4.68 Å². The van der Waals surface area contributed by atoms with Crippen molar-refractivity contribution in [3.8, 4) is 0 Å². The van der Waals surface area contributed by atoms with Crippen molar-refractivity contribution in [3.63, 3.8) is 0 Å². The highest BCUT2D eigenvalue weighted by Gasteiger charge is 2.20. The van der Waals surface area contributed by atoms with Crippen LogP contribution in [0.25, 0.3) is 11.0 Å². The molecule has 19 heavy (non-hydrogen) atoms. The molecule has 3 aromatic rings. The minimum absolute atomic E-state index is 0.937. The van der Waals surface area contributed by atoms with Gasteiger partial charge in [-0.1, -0.05) is 23.0 Å². The van der Waals surface area contributed by atoms with Gasteiger partial charge in [0.05, 0.1) is 16.3 Å². The fourth-order valence-corrected chi connectivity index (χ4v) is 3.64. The van der Waals surface area contributed by atoms with Crippen LogP contribution >= 0.6 is 11.8 Å². The number of anilines is 2. The minimum atomic E-state index is 0.937. The lowest BCUT2D eigenvalue weighted by molar-refractivity contribution is 0.733. The van der Waals surface area contributed by atoms with Crippen molar-refractivity contribution in [2.45, 2.75) is 16.7 Å². The van der Waals surface area contributed by atoms with E-state index in [2.05, 4.69) is 46.8 Å². The van der Waals surface area contributed by atoms with Crippen molar-refractivity contribution in [1.29, 1.82) is 0 Å². The second-order valence-corrected chi connectivity index (χ2v) is 5.80. The van der Waals surface area contributed by atoms with E-state index in [0.29, 0.717) is 0 Å². The molecular formula is C14H12N4S. The molecule has 1 aliphatic heterocycles. The SMILES string of the molecule is Cc1ccc2c(c1)Sc1c(ccc3nnn(C)c13)N2. The number of hydrogen-bond donors (Lipinski definition) is 1. The zero-order chi connectivity index (χ0) is 13.0. The molecule has 0 aliphatic carbocycles. The molecule has 2 aromatic carbocycles. The highest BCUT2D eigenvalue weighted by atomic mass is 32.2. The zero-order valence-electron chi connectivity index (χ0n) is 10.6. The first kappa shape index (κ1) is 10.9. The molecule has 1 aromatic heterocycles. The molecule has 1 aliphatic rings. The molecule has 4 nitrogen and oxygen atoms in total.